The number of thiophene rings is 1. The van der Waals surface area contributed by atoms with E-state index in [0.29, 0.717) is 29.3 Å². The van der Waals surface area contributed by atoms with Crippen LogP contribution in [0.3, 0.4) is 0 Å². The molecule has 2 amide bonds. The van der Waals surface area contributed by atoms with Crippen LogP contribution in [0.1, 0.15) is 44.0 Å². The highest BCUT2D eigenvalue weighted by Gasteiger charge is 2.26. The molecular weight excluding hydrogens is 394 g/mol. The van der Waals surface area contributed by atoms with Crippen molar-refractivity contribution in [3.05, 3.63) is 46.1 Å². The molecule has 2 aromatic heterocycles. The molecule has 0 unspecified atom stereocenters. The van der Waals surface area contributed by atoms with Crippen molar-refractivity contribution in [1.29, 1.82) is 0 Å². The van der Waals surface area contributed by atoms with Gasteiger partial charge in [0.1, 0.15) is 5.00 Å². The number of esters is 1. The number of methoxy groups -OCH3 is 1. The van der Waals surface area contributed by atoms with Gasteiger partial charge in [-0.1, -0.05) is 0 Å². The predicted octanol–water partition coefficient (Wildman–Crippen LogP) is 2.19. The third-order valence-electron chi connectivity index (χ3n) is 4.49. The van der Waals surface area contributed by atoms with Gasteiger partial charge in [0.25, 0.3) is 11.8 Å². The van der Waals surface area contributed by atoms with Gasteiger partial charge in [0.15, 0.2) is 6.61 Å². The number of rotatable bonds is 8. The normalized spacial score (nSPS) is 12.7. The Balaban J connectivity index is 1.67. The zero-order valence-corrected chi connectivity index (χ0v) is 17.0. The highest BCUT2D eigenvalue weighted by atomic mass is 32.1. The van der Waals surface area contributed by atoms with Crippen molar-refractivity contribution in [2.45, 2.75) is 25.7 Å². The topological polar surface area (TPSA) is 107 Å². The summed E-state index contributed by atoms with van der Waals surface area (Å²) in [6.45, 7) is 0.357. The monoisotopic (exact) mass is 417 g/mol. The van der Waals surface area contributed by atoms with Crippen molar-refractivity contribution >= 4 is 34.1 Å². The molecule has 0 saturated carbocycles. The molecular formula is C20H23N3O5S. The minimum atomic E-state index is -0.606. The molecule has 154 valence electrons. The maximum Gasteiger partial charge on any atom is 0.338 e. The molecule has 8 nitrogen and oxygen atoms in total. The van der Waals surface area contributed by atoms with Gasteiger partial charge in [-0.05, 0) is 43.4 Å². The van der Waals surface area contributed by atoms with Crippen LogP contribution in [-0.4, -0.2) is 49.6 Å². The molecule has 0 saturated heterocycles. The first-order valence-corrected chi connectivity index (χ1v) is 10.2. The molecule has 0 bridgehead atoms. The lowest BCUT2D eigenvalue weighted by molar-refractivity contribution is -0.119. The second kappa shape index (κ2) is 10.1. The highest BCUT2D eigenvalue weighted by Crippen LogP contribution is 2.38. The highest BCUT2D eigenvalue weighted by molar-refractivity contribution is 7.17. The molecule has 0 atom stereocenters. The van der Waals surface area contributed by atoms with Gasteiger partial charge in [0, 0.05) is 30.9 Å². The Hall–Kier alpha value is -2.78. The summed E-state index contributed by atoms with van der Waals surface area (Å²) in [6.07, 6.45) is 6.73. The number of ether oxygens (including phenoxy) is 2. The van der Waals surface area contributed by atoms with Crippen LogP contribution in [0.5, 0.6) is 0 Å². The molecule has 0 spiro atoms. The number of hydrogen-bond donors (Lipinski definition) is 2. The summed E-state index contributed by atoms with van der Waals surface area (Å²) < 4.78 is 10.0. The van der Waals surface area contributed by atoms with Gasteiger partial charge in [-0.25, -0.2) is 4.79 Å². The standard InChI is InChI=1S/C20H23N3O5S/c1-27-11-10-22-18(25)17-14-4-2-3-5-15(14)29-19(17)23-16(24)12-28-20(26)13-6-8-21-9-7-13/h6-9H,2-5,10-12H2,1H3,(H,22,25)(H,23,24). The van der Waals surface area contributed by atoms with Crippen LogP contribution in [0.4, 0.5) is 5.00 Å². The number of aromatic nitrogens is 1. The van der Waals surface area contributed by atoms with Crippen molar-refractivity contribution in [1.82, 2.24) is 10.3 Å². The minimum Gasteiger partial charge on any atom is -0.452 e. The van der Waals surface area contributed by atoms with E-state index in [2.05, 4.69) is 15.6 Å². The van der Waals surface area contributed by atoms with Crippen molar-refractivity contribution < 1.29 is 23.9 Å². The summed E-state index contributed by atoms with van der Waals surface area (Å²) >= 11 is 1.42. The van der Waals surface area contributed by atoms with Crippen LogP contribution in [0.15, 0.2) is 24.5 Å². The number of aryl methyl sites for hydroxylation is 1. The van der Waals surface area contributed by atoms with E-state index in [9.17, 15) is 14.4 Å². The summed E-state index contributed by atoms with van der Waals surface area (Å²) in [5, 5.41) is 6.06. The Kier molecular flexibility index (Phi) is 7.31. The fraction of sp³-hybridized carbons (Fsp3) is 0.400. The van der Waals surface area contributed by atoms with Gasteiger partial charge in [0.05, 0.1) is 17.7 Å². The number of nitrogens with zero attached hydrogens (tertiary/aromatic N) is 1. The zero-order valence-electron chi connectivity index (χ0n) is 16.2. The Labute approximate surface area is 172 Å². The number of nitrogens with one attached hydrogen (secondary N) is 2. The molecule has 9 heteroatoms. The van der Waals surface area contributed by atoms with E-state index in [-0.39, 0.29) is 5.91 Å². The van der Waals surface area contributed by atoms with Crippen molar-refractivity contribution in [3.8, 4) is 0 Å². The SMILES string of the molecule is COCCNC(=O)c1c(NC(=O)COC(=O)c2ccncc2)sc2c1CCCC2. The van der Waals surface area contributed by atoms with Crippen LogP contribution in [0.25, 0.3) is 0 Å². The van der Waals surface area contributed by atoms with Crippen molar-refractivity contribution in [3.63, 3.8) is 0 Å². The Morgan fingerprint density at radius 3 is 2.69 bits per heavy atom. The van der Waals surface area contributed by atoms with Crippen molar-refractivity contribution in [2.24, 2.45) is 0 Å². The average Bonchev–Trinajstić information content (AvgIpc) is 3.10. The molecule has 3 rings (SSSR count). The lowest BCUT2D eigenvalue weighted by Gasteiger charge is -2.13. The maximum absolute atomic E-state index is 12.7. The molecule has 0 fully saturated rings. The van der Waals surface area contributed by atoms with Gasteiger partial charge in [0.2, 0.25) is 0 Å². The summed E-state index contributed by atoms with van der Waals surface area (Å²) in [4.78, 5) is 42.0. The lowest BCUT2D eigenvalue weighted by Crippen LogP contribution is -2.29. The Morgan fingerprint density at radius 1 is 1.17 bits per heavy atom. The number of anilines is 1. The van der Waals surface area contributed by atoms with Gasteiger partial charge in [-0.15, -0.1) is 11.3 Å². The van der Waals surface area contributed by atoms with Crippen LogP contribution >= 0.6 is 11.3 Å². The van der Waals surface area contributed by atoms with Gasteiger partial charge in [-0.2, -0.15) is 0 Å². The third-order valence-corrected chi connectivity index (χ3v) is 5.70. The largest absolute Gasteiger partial charge is 0.452 e. The van der Waals surface area contributed by atoms with E-state index < -0.39 is 18.5 Å². The fourth-order valence-electron chi connectivity index (χ4n) is 3.11. The number of fused-ring (bicyclic) bond motifs is 1. The molecule has 2 N–H and O–H groups in total. The van der Waals surface area contributed by atoms with Gasteiger partial charge in [-0.3, -0.25) is 14.6 Å². The molecule has 2 aromatic rings. The first kappa shape index (κ1) is 20.9. The summed E-state index contributed by atoms with van der Waals surface area (Å²) in [6, 6.07) is 3.02. The molecule has 1 aliphatic rings. The lowest BCUT2D eigenvalue weighted by atomic mass is 9.95. The van der Waals surface area contributed by atoms with Crippen molar-refractivity contribution in [2.75, 3.05) is 32.2 Å². The van der Waals surface area contributed by atoms with E-state index in [1.54, 1.807) is 7.11 Å². The first-order chi connectivity index (χ1) is 14.1. The average molecular weight is 417 g/mol. The minimum absolute atomic E-state index is 0.231. The number of carbonyl (C=O) groups is 3. The Bertz CT molecular complexity index is 882. The fourth-order valence-corrected chi connectivity index (χ4v) is 4.42. The molecule has 29 heavy (non-hydrogen) atoms. The van der Waals surface area contributed by atoms with E-state index in [0.717, 1.165) is 36.1 Å². The number of amides is 2. The second-order valence-corrected chi connectivity index (χ2v) is 7.63. The van der Waals surface area contributed by atoms with Crippen LogP contribution < -0.4 is 10.6 Å². The van der Waals surface area contributed by atoms with Gasteiger partial charge < -0.3 is 20.1 Å². The molecule has 0 aromatic carbocycles. The summed E-state index contributed by atoms with van der Waals surface area (Å²) in [5.74, 6) is -1.33. The molecule has 0 aliphatic heterocycles. The predicted molar refractivity (Wildman–Crippen MR) is 108 cm³/mol. The number of pyridine rings is 1. The van der Waals surface area contributed by atoms with Gasteiger partial charge >= 0.3 is 5.97 Å². The third kappa shape index (κ3) is 5.39. The zero-order chi connectivity index (χ0) is 20.6. The molecule has 1 aliphatic carbocycles. The quantitative estimate of drug-likeness (QED) is 0.504. The van der Waals surface area contributed by atoms with E-state index >= 15 is 0 Å². The Morgan fingerprint density at radius 2 is 1.93 bits per heavy atom. The number of carbonyl (C=O) groups excluding carboxylic acids is 3. The first-order valence-electron chi connectivity index (χ1n) is 9.38. The molecule has 2 heterocycles. The van der Waals surface area contributed by atoms with E-state index in [1.165, 1.54) is 35.9 Å². The summed E-state index contributed by atoms with van der Waals surface area (Å²) in [5.41, 5.74) is 1.83. The maximum atomic E-state index is 12.7. The van der Waals surface area contributed by atoms with E-state index in [1.807, 2.05) is 0 Å². The second-order valence-electron chi connectivity index (χ2n) is 6.52. The summed E-state index contributed by atoms with van der Waals surface area (Å²) in [7, 11) is 1.57. The number of hydrogen-bond acceptors (Lipinski definition) is 7. The van der Waals surface area contributed by atoms with Crippen LogP contribution in [0.2, 0.25) is 0 Å². The molecule has 0 radical (unpaired) electrons. The van der Waals surface area contributed by atoms with Crippen LogP contribution in [0, 0.1) is 0 Å². The van der Waals surface area contributed by atoms with Crippen LogP contribution in [-0.2, 0) is 27.1 Å². The van der Waals surface area contributed by atoms with E-state index in [4.69, 9.17) is 9.47 Å². The smallest absolute Gasteiger partial charge is 0.338 e.